The van der Waals surface area contributed by atoms with Gasteiger partial charge in [0.2, 0.25) is 5.91 Å². The van der Waals surface area contributed by atoms with Crippen molar-refractivity contribution in [2.24, 2.45) is 0 Å². The van der Waals surface area contributed by atoms with Gasteiger partial charge < -0.3 is 20.7 Å². The average Bonchev–Trinajstić information content (AvgIpc) is 2.80. The van der Waals surface area contributed by atoms with Gasteiger partial charge in [-0.2, -0.15) is 0 Å². The number of carbonyl (C=O) groups excluding carboxylic acids is 2. The molecule has 7 heteroatoms. The number of ether oxygens (including phenoxy) is 1. The number of methoxy groups -OCH3 is 1. The lowest BCUT2D eigenvalue weighted by Crippen LogP contribution is -2.47. The molecular formula is C24H32N4O3. The minimum atomic E-state index is -0.0873. The Morgan fingerprint density at radius 3 is 2.45 bits per heavy atom. The summed E-state index contributed by atoms with van der Waals surface area (Å²) in [6.45, 7) is 4.79. The molecule has 3 rings (SSSR count). The Labute approximate surface area is 184 Å². The number of carbonyl (C=O) groups is 2. The van der Waals surface area contributed by atoms with Crippen molar-refractivity contribution >= 4 is 23.2 Å². The standard InChI is InChI=1S/C24H32N4O3/c1-3-14-25-23(29)17-28-15-12-19(13-16-28)27-24(30)21-6-4-5-7-22(21)26-18-8-10-20(31-2)11-9-18/h4-11,19,26H,3,12-17H2,1-2H3,(H,25,29)(H,27,30). The molecule has 166 valence electrons. The van der Waals surface area contributed by atoms with E-state index in [1.54, 1.807) is 7.11 Å². The number of hydrogen-bond donors (Lipinski definition) is 3. The lowest BCUT2D eigenvalue weighted by atomic mass is 10.0. The molecule has 3 N–H and O–H groups in total. The second kappa shape index (κ2) is 11.4. The van der Waals surface area contributed by atoms with Crippen LogP contribution in [0.3, 0.4) is 0 Å². The minimum Gasteiger partial charge on any atom is -0.497 e. The first-order valence-electron chi connectivity index (χ1n) is 10.9. The maximum absolute atomic E-state index is 13.0. The highest BCUT2D eigenvalue weighted by Gasteiger charge is 2.23. The van der Waals surface area contributed by atoms with E-state index >= 15 is 0 Å². The molecule has 0 bridgehead atoms. The summed E-state index contributed by atoms with van der Waals surface area (Å²) >= 11 is 0. The number of nitrogens with zero attached hydrogens (tertiary/aromatic N) is 1. The van der Waals surface area contributed by atoms with Crippen molar-refractivity contribution < 1.29 is 14.3 Å². The maximum Gasteiger partial charge on any atom is 0.253 e. The van der Waals surface area contributed by atoms with Crippen molar-refractivity contribution in [2.75, 3.05) is 38.6 Å². The minimum absolute atomic E-state index is 0.0721. The Hall–Kier alpha value is -3.06. The zero-order valence-corrected chi connectivity index (χ0v) is 18.3. The molecule has 0 aromatic heterocycles. The number of amides is 2. The van der Waals surface area contributed by atoms with Crippen LogP contribution in [0.1, 0.15) is 36.5 Å². The topological polar surface area (TPSA) is 82.7 Å². The van der Waals surface area contributed by atoms with Gasteiger partial charge in [0.1, 0.15) is 5.75 Å². The van der Waals surface area contributed by atoms with Crippen LogP contribution in [0.4, 0.5) is 11.4 Å². The van der Waals surface area contributed by atoms with Crippen molar-refractivity contribution in [3.05, 3.63) is 54.1 Å². The van der Waals surface area contributed by atoms with Gasteiger partial charge in [-0.3, -0.25) is 14.5 Å². The maximum atomic E-state index is 13.0. The van der Waals surface area contributed by atoms with E-state index in [1.807, 2.05) is 55.5 Å². The van der Waals surface area contributed by atoms with E-state index in [0.29, 0.717) is 12.1 Å². The summed E-state index contributed by atoms with van der Waals surface area (Å²) in [5.74, 6) is 0.768. The molecule has 31 heavy (non-hydrogen) atoms. The van der Waals surface area contributed by atoms with Crippen molar-refractivity contribution in [2.45, 2.75) is 32.2 Å². The number of para-hydroxylation sites is 1. The normalized spacial score (nSPS) is 14.6. The molecule has 2 aromatic rings. The van der Waals surface area contributed by atoms with E-state index in [2.05, 4.69) is 20.9 Å². The number of rotatable bonds is 9. The molecule has 1 aliphatic heterocycles. The van der Waals surface area contributed by atoms with E-state index < -0.39 is 0 Å². The third-order valence-electron chi connectivity index (χ3n) is 5.40. The van der Waals surface area contributed by atoms with Crippen LogP contribution in [0.5, 0.6) is 5.75 Å². The molecule has 2 aromatic carbocycles. The van der Waals surface area contributed by atoms with Crippen molar-refractivity contribution in [1.29, 1.82) is 0 Å². The van der Waals surface area contributed by atoms with Gasteiger partial charge in [0, 0.05) is 31.4 Å². The van der Waals surface area contributed by atoms with Crippen LogP contribution in [-0.2, 0) is 4.79 Å². The molecule has 0 atom stereocenters. The van der Waals surface area contributed by atoms with Crippen LogP contribution >= 0.6 is 0 Å². The molecule has 0 unspecified atom stereocenters. The molecule has 7 nitrogen and oxygen atoms in total. The first kappa shape index (κ1) is 22.6. The van der Waals surface area contributed by atoms with E-state index in [-0.39, 0.29) is 17.9 Å². The van der Waals surface area contributed by atoms with Gasteiger partial charge in [-0.1, -0.05) is 19.1 Å². The zero-order valence-electron chi connectivity index (χ0n) is 18.3. The van der Waals surface area contributed by atoms with Crippen LogP contribution in [-0.4, -0.2) is 56.0 Å². The van der Waals surface area contributed by atoms with Gasteiger partial charge in [-0.05, 0) is 55.7 Å². The summed E-state index contributed by atoms with van der Waals surface area (Å²) in [5, 5.41) is 9.39. The number of anilines is 2. The Kier molecular flexibility index (Phi) is 8.29. The number of nitrogens with one attached hydrogen (secondary N) is 3. The fourth-order valence-electron chi connectivity index (χ4n) is 3.64. The zero-order chi connectivity index (χ0) is 22.1. The summed E-state index contributed by atoms with van der Waals surface area (Å²) in [5.41, 5.74) is 2.26. The summed E-state index contributed by atoms with van der Waals surface area (Å²) in [4.78, 5) is 27.0. The number of likely N-dealkylation sites (tertiary alicyclic amines) is 1. The summed E-state index contributed by atoms with van der Waals surface area (Å²) < 4.78 is 5.19. The fourth-order valence-corrected chi connectivity index (χ4v) is 3.64. The molecule has 0 radical (unpaired) electrons. The Bertz CT molecular complexity index is 861. The number of piperidine rings is 1. The van der Waals surface area contributed by atoms with Crippen LogP contribution in [0, 0.1) is 0 Å². The SMILES string of the molecule is CCCNC(=O)CN1CCC(NC(=O)c2ccccc2Nc2ccc(OC)cc2)CC1. The lowest BCUT2D eigenvalue weighted by Gasteiger charge is -2.32. The molecule has 0 saturated carbocycles. The van der Waals surface area contributed by atoms with Gasteiger partial charge >= 0.3 is 0 Å². The van der Waals surface area contributed by atoms with Crippen LogP contribution < -0.4 is 20.7 Å². The van der Waals surface area contributed by atoms with Crippen molar-refractivity contribution in [3.63, 3.8) is 0 Å². The van der Waals surface area contributed by atoms with Crippen LogP contribution in [0.2, 0.25) is 0 Å². The monoisotopic (exact) mass is 424 g/mol. The summed E-state index contributed by atoms with van der Waals surface area (Å²) in [6, 6.07) is 15.2. The summed E-state index contributed by atoms with van der Waals surface area (Å²) in [6.07, 6.45) is 2.61. The molecule has 2 amide bonds. The van der Waals surface area contributed by atoms with Gasteiger partial charge in [0.15, 0.2) is 0 Å². The second-order valence-corrected chi connectivity index (χ2v) is 7.77. The summed E-state index contributed by atoms with van der Waals surface area (Å²) in [7, 11) is 1.63. The van der Waals surface area contributed by atoms with E-state index in [0.717, 1.165) is 56.0 Å². The molecule has 1 saturated heterocycles. The molecular weight excluding hydrogens is 392 g/mol. The van der Waals surface area contributed by atoms with Gasteiger partial charge in [-0.15, -0.1) is 0 Å². The second-order valence-electron chi connectivity index (χ2n) is 7.77. The first-order chi connectivity index (χ1) is 15.1. The largest absolute Gasteiger partial charge is 0.497 e. The Morgan fingerprint density at radius 1 is 1.06 bits per heavy atom. The highest BCUT2D eigenvalue weighted by molar-refractivity contribution is 6.00. The Balaban J connectivity index is 1.53. The van der Waals surface area contributed by atoms with E-state index in [4.69, 9.17) is 4.74 Å². The smallest absolute Gasteiger partial charge is 0.253 e. The Morgan fingerprint density at radius 2 is 1.77 bits per heavy atom. The van der Waals surface area contributed by atoms with Crippen LogP contribution in [0.15, 0.2) is 48.5 Å². The molecule has 1 aliphatic rings. The predicted molar refractivity (Wildman–Crippen MR) is 123 cm³/mol. The van der Waals surface area contributed by atoms with E-state index in [9.17, 15) is 9.59 Å². The van der Waals surface area contributed by atoms with Crippen LogP contribution in [0.25, 0.3) is 0 Å². The van der Waals surface area contributed by atoms with Gasteiger partial charge in [0.25, 0.3) is 5.91 Å². The molecule has 0 aliphatic carbocycles. The van der Waals surface area contributed by atoms with Crippen molar-refractivity contribution in [1.82, 2.24) is 15.5 Å². The highest BCUT2D eigenvalue weighted by atomic mass is 16.5. The van der Waals surface area contributed by atoms with Gasteiger partial charge in [-0.25, -0.2) is 0 Å². The molecule has 1 fully saturated rings. The molecule has 0 spiro atoms. The fraction of sp³-hybridized carbons (Fsp3) is 0.417. The van der Waals surface area contributed by atoms with Gasteiger partial charge in [0.05, 0.1) is 24.9 Å². The lowest BCUT2D eigenvalue weighted by molar-refractivity contribution is -0.122. The van der Waals surface area contributed by atoms with Crippen molar-refractivity contribution in [3.8, 4) is 5.75 Å². The predicted octanol–water partition coefficient (Wildman–Crippen LogP) is 3.16. The third kappa shape index (κ3) is 6.72. The third-order valence-corrected chi connectivity index (χ3v) is 5.40. The quantitative estimate of drug-likeness (QED) is 0.576. The van der Waals surface area contributed by atoms with E-state index in [1.165, 1.54) is 0 Å². The number of benzene rings is 2. The first-order valence-corrected chi connectivity index (χ1v) is 10.9. The molecule has 1 heterocycles. The average molecular weight is 425 g/mol. The number of hydrogen-bond acceptors (Lipinski definition) is 5. The highest BCUT2D eigenvalue weighted by Crippen LogP contribution is 2.23.